The summed E-state index contributed by atoms with van der Waals surface area (Å²) in [6.45, 7) is 0.688. The normalized spacial score (nSPS) is 14.8. The van der Waals surface area contributed by atoms with Crippen molar-refractivity contribution in [2.45, 2.75) is 11.2 Å². The van der Waals surface area contributed by atoms with Gasteiger partial charge in [-0.15, -0.1) is 0 Å². The van der Waals surface area contributed by atoms with Crippen molar-refractivity contribution in [3.63, 3.8) is 0 Å². The zero-order chi connectivity index (χ0) is 14.3. The Morgan fingerprint density at radius 2 is 2.05 bits per heavy atom. The molecule has 1 nitrogen and oxygen atoms in total. The standard InChI is InChI=1S/C15H10Br2ClFO/c16-10-5-9-3-4-20-15(9)11(7-10)14(17)8-1-2-12(18)13(19)6-8/h1-2,5-7,14H,3-4H2. The van der Waals surface area contributed by atoms with Crippen molar-refractivity contribution in [3.05, 3.63) is 62.3 Å². The molecule has 0 bridgehead atoms. The maximum atomic E-state index is 13.6. The molecule has 0 saturated heterocycles. The number of hydrogen-bond donors (Lipinski definition) is 0. The second-order valence-corrected chi connectivity index (χ2v) is 6.86. The van der Waals surface area contributed by atoms with Gasteiger partial charge in [0.1, 0.15) is 11.6 Å². The summed E-state index contributed by atoms with van der Waals surface area (Å²) in [5.74, 6) is 0.478. The Morgan fingerprint density at radius 3 is 2.80 bits per heavy atom. The molecule has 5 heteroatoms. The van der Waals surface area contributed by atoms with Gasteiger partial charge >= 0.3 is 0 Å². The molecule has 20 heavy (non-hydrogen) atoms. The average Bonchev–Trinajstić information content (AvgIpc) is 2.88. The van der Waals surface area contributed by atoms with Gasteiger partial charge in [0.25, 0.3) is 0 Å². The predicted octanol–water partition coefficient (Wildman–Crippen LogP) is 5.66. The Kier molecular flexibility index (Phi) is 4.07. The molecule has 1 aliphatic rings. The molecular formula is C15H10Br2ClFO. The average molecular weight is 421 g/mol. The van der Waals surface area contributed by atoms with Gasteiger partial charge in [-0.25, -0.2) is 4.39 Å². The van der Waals surface area contributed by atoms with Gasteiger partial charge in [0.2, 0.25) is 0 Å². The second kappa shape index (κ2) is 5.66. The van der Waals surface area contributed by atoms with Crippen LogP contribution in [0.25, 0.3) is 0 Å². The van der Waals surface area contributed by atoms with Crippen LogP contribution in [0.5, 0.6) is 5.75 Å². The van der Waals surface area contributed by atoms with E-state index in [2.05, 4.69) is 37.9 Å². The molecule has 0 N–H and O–H groups in total. The van der Waals surface area contributed by atoms with Crippen LogP contribution in [0.1, 0.15) is 21.5 Å². The molecule has 3 rings (SSSR count). The fourth-order valence-electron chi connectivity index (χ4n) is 2.34. The third-order valence-corrected chi connectivity index (χ3v) is 5.07. The minimum Gasteiger partial charge on any atom is -0.493 e. The molecule has 0 saturated carbocycles. The number of alkyl halides is 1. The number of halogens is 4. The lowest BCUT2D eigenvalue weighted by molar-refractivity contribution is 0.354. The van der Waals surface area contributed by atoms with E-state index in [0.717, 1.165) is 27.8 Å². The minimum atomic E-state index is -0.416. The Labute approximate surface area is 138 Å². The molecule has 104 valence electrons. The van der Waals surface area contributed by atoms with Crippen molar-refractivity contribution in [1.29, 1.82) is 0 Å². The Hall–Kier alpha value is -0.580. The van der Waals surface area contributed by atoms with Crippen LogP contribution in [0.2, 0.25) is 5.02 Å². The monoisotopic (exact) mass is 418 g/mol. The Bertz CT molecular complexity index is 675. The Balaban J connectivity index is 2.06. The van der Waals surface area contributed by atoms with Gasteiger partial charge in [0.05, 0.1) is 16.5 Å². The van der Waals surface area contributed by atoms with Crippen LogP contribution in [0.15, 0.2) is 34.8 Å². The maximum absolute atomic E-state index is 13.6. The predicted molar refractivity (Wildman–Crippen MR) is 85.5 cm³/mol. The largest absolute Gasteiger partial charge is 0.493 e. The first kappa shape index (κ1) is 14.4. The summed E-state index contributed by atoms with van der Waals surface area (Å²) in [5, 5.41) is 0.129. The number of ether oxygens (including phenoxy) is 1. The highest BCUT2D eigenvalue weighted by atomic mass is 79.9. The van der Waals surface area contributed by atoms with Crippen LogP contribution in [0.4, 0.5) is 4.39 Å². The van der Waals surface area contributed by atoms with Crippen LogP contribution < -0.4 is 4.74 Å². The van der Waals surface area contributed by atoms with Crippen LogP contribution in [0.3, 0.4) is 0 Å². The summed E-state index contributed by atoms with van der Waals surface area (Å²) >= 11 is 12.9. The lowest BCUT2D eigenvalue weighted by Gasteiger charge is -2.15. The summed E-state index contributed by atoms with van der Waals surface area (Å²) in [7, 11) is 0. The Morgan fingerprint density at radius 1 is 1.25 bits per heavy atom. The fourth-order valence-corrected chi connectivity index (χ4v) is 3.60. The van der Waals surface area contributed by atoms with Crippen molar-refractivity contribution in [1.82, 2.24) is 0 Å². The zero-order valence-electron chi connectivity index (χ0n) is 10.3. The van der Waals surface area contributed by atoms with E-state index >= 15 is 0 Å². The van der Waals surface area contributed by atoms with Gasteiger partial charge in [-0.05, 0) is 35.4 Å². The van der Waals surface area contributed by atoms with E-state index in [1.807, 2.05) is 12.1 Å². The summed E-state index contributed by atoms with van der Waals surface area (Å²) in [4.78, 5) is -0.140. The number of benzene rings is 2. The van der Waals surface area contributed by atoms with Gasteiger partial charge in [-0.2, -0.15) is 0 Å². The van der Waals surface area contributed by atoms with Gasteiger partial charge in [-0.1, -0.05) is 49.5 Å². The fraction of sp³-hybridized carbons (Fsp3) is 0.200. The quantitative estimate of drug-likeness (QED) is 0.570. The van der Waals surface area contributed by atoms with E-state index in [4.69, 9.17) is 16.3 Å². The van der Waals surface area contributed by atoms with Gasteiger partial charge in [0, 0.05) is 16.5 Å². The van der Waals surface area contributed by atoms with Gasteiger partial charge in [-0.3, -0.25) is 0 Å². The molecule has 0 aromatic heterocycles. The van der Waals surface area contributed by atoms with Crippen molar-refractivity contribution in [2.24, 2.45) is 0 Å². The molecule has 0 spiro atoms. The van der Waals surface area contributed by atoms with Crippen molar-refractivity contribution in [2.75, 3.05) is 6.61 Å². The first-order valence-electron chi connectivity index (χ1n) is 6.10. The van der Waals surface area contributed by atoms with Crippen LogP contribution in [-0.4, -0.2) is 6.61 Å². The topological polar surface area (TPSA) is 9.23 Å². The molecule has 2 aromatic rings. The van der Waals surface area contributed by atoms with E-state index in [-0.39, 0.29) is 9.85 Å². The van der Waals surface area contributed by atoms with E-state index in [9.17, 15) is 4.39 Å². The lowest BCUT2D eigenvalue weighted by Crippen LogP contribution is -1.98. The highest BCUT2D eigenvalue weighted by molar-refractivity contribution is 9.10. The SMILES string of the molecule is Fc1cc(C(Br)c2cc(Br)cc3c2OCC3)ccc1Cl. The lowest BCUT2D eigenvalue weighted by atomic mass is 10.0. The zero-order valence-corrected chi connectivity index (χ0v) is 14.2. The van der Waals surface area contributed by atoms with E-state index in [1.54, 1.807) is 6.07 Å². The van der Waals surface area contributed by atoms with Crippen LogP contribution in [-0.2, 0) is 6.42 Å². The molecule has 1 heterocycles. The van der Waals surface area contributed by atoms with Crippen LogP contribution >= 0.6 is 43.5 Å². The third kappa shape index (κ3) is 2.61. The number of fused-ring (bicyclic) bond motifs is 1. The maximum Gasteiger partial charge on any atom is 0.142 e. The summed E-state index contributed by atoms with van der Waals surface area (Å²) in [6.07, 6.45) is 0.899. The molecule has 1 unspecified atom stereocenters. The molecule has 0 amide bonds. The van der Waals surface area contributed by atoms with Crippen LogP contribution in [0, 0.1) is 5.82 Å². The van der Waals surface area contributed by atoms with Crippen molar-refractivity contribution < 1.29 is 9.13 Å². The van der Waals surface area contributed by atoms with Gasteiger partial charge < -0.3 is 4.74 Å². The van der Waals surface area contributed by atoms with Crippen molar-refractivity contribution >= 4 is 43.5 Å². The molecule has 1 atom stereocenters. The van der Waals surface area contributed by atoms with Gasteiger partial charge in [0.15, 0.2) is 0 Å². The summed E-state index contributed by atoms with van der Waals surface area (Å²) in [6, 6.07) is 8.89. The van der Waals surface area contributed by atoms with Crippen molar-refractivity contribution in [3.8, 4) is 5.75 Å². The second-order valence-electron chi connectivity index (χ2n) is 4.62. The molecular weight excluding hydrogens is 410 g/mol. The molecule has 0 aliphatic carbocycles. The smallest absolute Gasteiger partial charge is 0.142 e. The van der Waals surface area contributed by atoms with E-state index in [1.165, 1.54) is 11.6 Å². The first-order chi connectivity index (χ1) is 9.56. The first-order valence-corrected chi connectivity index (χ1v) is 8.19. The number of rotatable bonds is 2. The highest BCUT2D eigenvalue weighted by Crippen LogP contribution is 2.42. The molecule has 0 radical (unpaired) electrons. The molecule has 0 fully saturated rings. The molecule has 1 aliphatic heterocycles. The summed E-state index contributed by atoms with van der Waals surface area (Å²) < 4.78 is 20.3. The number of hydrogen-bond acceptors (Lipinski definition) is 1. The molecule has 2 aromatic carbocycles. The minimum absolute atomic E-state index is 0.129. The van der Waals surface area contributed by atoms with E-state index in [0.29, 0.717) is 6.61 Å². The summed E-state index contributed by atoms with van der Waals surface area (Å²) in [5.41, 5.74) is 2.98. The van der Waals surface area contributed by atoms with E-state index < -0.39 is 5.82 Å². The highest BCUT2D eigenvalue weighted by Gasteiger charge is 2.23. The third-order valence-electron chi connectivity index (χ3n) is 3.29.